The Labute approximate surface area is 174 Å². The van der Waals surface area contributed by atoms with Crippen LogP contribution < -0.4 is 4.74 Å². The molecule has 1 N–H and O–H groups in total. The first-order chi connectivity index (χ1) is 14.6. The van der Waals surface area contributed by atoms with Gasteiger partial charge in [-0.15, -0.1) is 0 Å². The fraction of sp³-hybridized carbons (Fsp3) is 0.333. The Morgan fingerprint density at radius 1 is 1.10 bits per heavy atom. The SMILES string of the molecule is COC(=O)[C@@H]1C(=O)N2CCc3c([nH]c4ccccc34)[C@H]2C[C@H]1c1ccccc1OC. The molecule has 0 aliphatic carbocycles. The molecular weight excluding hydrogens is 380 g/mol. The van der Waals surface area contributed by atoms with Crippen LogP contribution in [0.4, 0.5) is 0 Å². The van der Waals surface area contributed by atoms with Gasteiger partial charge in [0, 0.05) is 29.1 Å². The summed E-state index contributed by atoms with van der Waals surface area (Å²) < 4.78 is 10.6. The number of nitrogens with one attached hydrogen (secondary N) is 1. The molecule has 1 fully saturated rings. The van der Waals surface area contributed by atoms with Crippen LogP contribution in [0.25, 0.3) is 10.9 Å². The Morgan fingerprint density at radius 3 is 2.67 bits per heavy atom. The van der Waals surface area contributed by atoms with Gasteiger partial charge in [-0.25, -0.2) is 0 Å². The van der Waals surface area contributed by atoms with Gasteiger partial charge in [-0.3, -0.25) is 9.59 Å². The van der Waals surface area contributed by atoms with Crippen LogP contribution in [0.1, 0.15) is 35.2 Å². The lowest BCUT2D eigenvalue weighted by molar-refractivity contribution is -0.160. The number of esters is 1. The lowest BCUT2D eigenvalue weighted by Crippen LogP contribution is -2.52. The number of benzene rings is 2. The summed E-state index contributed by atoms with van der Waals surface area (Å²) in [5, 5.41) is 1.21. The molecule has 3 atom stereocenters. The third kappa shape index (κ3) is 2.70. The number of hydrogen-bond acceptors (Lipinski definition) is 4. The number of nitrogens with zero attached hydrogens (tertiary/aromatic N) is 1. The standard InChI is InChI=1S/C24H24N2O4/c1-29-20-10-6-4-8-15(20)17-13-19-22-16(14-7-3-5-9-18(14)25-22)11-12-26(19)23(27)21(17)24(28)30-2/h3-10,17,19,21,25H,11-13H2,1-2H3/t17-,19+,21-/m0/s1. The van der Waals surface area contributed by atoms with E-state index in [1.54, 1.807) is 7.11 Å². The van der Waals surface area contributed by atoms with Crippen molar-refractivity contribution in [3.8, 4) is 5.75 Å². The number of para-hydroxylation sites is 2. The molecule has 0 spiro atoms. The third-order valence-electron chi connectivity index (χ3n) is 6.58. The average Bonchev–Trinajstić information content (AvgIpc) is 3.17. The molecule has 0 saturated carbocycles. The van der Waals surface area contributed by atoms with E-state index in [4.69, 9.17) is 9.47 Å². The maximum atomic E-state index is 13.5. The molecule has 2 aliphatic heterocycles. The number of fused-ring (bicyclic) bond motifs is 5. The van der Waals surface area contributed by atoms with Gasteiger partial charge >= 0.3 is 5.97 Å². The van der Waals surface area contributed by atoms with Gasteiger partial charge in [0.25, 0.3) is 0 Å². The van der Waals surface area contributed by atoms with E-state index in [9.17, 15) is 9.59 Å². The number of amides is 1. The Bertz CT molecular complexity index is 1140. The molecule has 0 bridgehead atoms. The molecule has 30 heavy (non-hydrogen) atoms. The minimum atomic E-state index is -0.867. The van der Waals surface area contributed by atoms with Gasteiger partial charge in [0.05, 0.1) is 20.3 Å². The third-order valence-corrected chi connectivity index (χ3v) is 6.58. The van der Waals surface area contributed by atoms with Crippen molar-refractivity contribution in [3.05, 3.63) is 65.4 Å². The fourth-order valence-electron chi connectivity index (χ4n) is 5.23. The number of hydrogen-bond donors (Lipinski definition) is 1. The first-order valence-corrected chi connectivity index (χ1v) is 10.2. The summed E-state index contributed by atoms with van der Waals surface area (Å²) in [5.74, 6) is -1.16. The molecule has 5 rings (SSSR count). The van der Waals surface area contributed by atoms with E-state index in [1.807, 2.05) is 41.3 Å². The van der Waals surface area contributed by atoms with E-state index in [1.165, 1.54) is 18.1 Å². The minimum absolute atomic E-state index is 0.107. The zero-order valence-corrected chi connectivity index (χ0v) is 17.1. The summed E-state index contributed by atoms with van der Waals surface area (Å²) in [6.07, 6.45) is 1.40. The number of piperidine rings is 1. The zero-order valence-electron chi connectivity index (χ0n) is 17.1. The number of aromatic nitrogens is 1. The highest BCUT2D eigenvalue weighted by atomic mass is 16.5. The van der Waals surface area contributed by atoms with Crippen molar-refractivity contribution in [2.24, 2.45) is 5.92 Å². The number of ether oxygens (including phenoxy) is 2. The molecule has 1 saturated heterocycles. The highest BCUT2D eigenvalue weighted by Crippen LogP contribution is 2.48. The molecular formula is C24H24N2O4. The van der Waals surface area contributed by atoms with Crippen molar-refractivity contribution in [1.82, 2.24) is 9.88 Å². The largest absolute Gasteiger partial charge is 0.496 e. The first kappa shape index (κ1) is 18.7. The summed E-state index contributed by atoms with van der Waals surface area (Å²) in [5.41, 5.74) is 4.31. The van der Waals surface area contributed by atoms with Crippen LogP contribution in [0.3, 0.4) is 0 Å². The topological polar surface area (TPSA) is 71.6 Å². The summed E-state index contributed by atoms with van der Waals surface area (Å²) >= 11 is 0. The van der Waals surface area contributed by atoms with E-state index in [-0.39, 0.29) is 17.9 Å². The maximum absolute atomic E-state index is 13.5. The van der Waals surface area contributed by atoms with Crippen molar-refractivity contribution in [2.45, 2.75) is 24.8 Å². The molecule has 6 heteroatoms. The number of carbonyl (C=O) groups excluding carboxylic acids is 2. The van der Waals surface area contributed by atoms with Crippen molar-refractivity contribution in [2.75, 3.05) is 20.8 Å². The number of aromatic amines is 1. The van der Waals surface area contributed by atoms with Crippen molar-refractivity contribution >= 4 is 22.8 Å². The molecule has 2 aliphatic rings. The summed E-state index contributed by atoms with van der Waals surface area (Å²) in [7, 11) is 2.95. The molecule has 3 aromatic rings. The number of H-pyrrole nitrogens is 1. The maximum Gasteiger partial charge on any atom is 0.318 e. The first-order valence-electron chi connectivity index (χ1n) is 10.2. The van der Waals surface area contributed by atoms with Gasteiger partial charge in [0.2, 0.25) is 5.91 Å². The highest BCUT2D eigenvalue weighted by Gasteiger charge is 2.50. The second-order valence-electron chi connectivity index (χ2n) is 7.95. The van der Waals surface area contributed by atoms with Crippen LogP contribution in [0.5, 0.6) is 5.75 Å². The van der Waals surface area contributed by atoms with Gasteiger partial charge in [-0.2, -0.15) is 0 Å². The summed E-state index contributed by atoms with van der Waals surface area (Å²) in [6, 6.07) is 15.8. The molecule has 1 aromatic heterocycles. The average molecular weight is 404 g/mol. The zero-order chi connectivity index (χ0) is 20.8. The van der Waals surface area contributed by atoms with Crippen molar-refractivity contribution in [3.63, 3.8) is 0 Å². The second-order valence-corrected chi connectivity index (χ2v) is 7.95. The van der Waals surface area contributed by atoms with E-state index >= 15 is 0 Å². The molecule has 1 amide bonds. The molecule has 0 radical (unpaired) electrons. The summed E-state index contributed by atoms with van der Waals surface area (Å²) in [4.78, 5) is 31.6. The van der Waals surface area contributed by atoms with Crippen LogP contribution in [-0.4, -0.2) is 42.5 Å². The number of methoxy groups -OCH3 is 2. The van der Waals surface area contributed by atoms with Crippen LogP contribution in [0, 0.1) is 5.92 Å². The van der Waals surface area contributed by atoms with E-state index in [0.717, 1.165) is 23.2 Å². The predicted octanol–water partition coefficient (Wildman–Crippen LogP) is 3.58. The Morgan fingerprint density at radius 2 is 1.87 bits per heavy atom. The van der Waals surface area contributed by atoms with Gasteiger partial charge < -0.3 is 19.4 Å². The Balaban J connectivity index is 1.64. The highest BCUT2D eigenvalue weighted by molar-refractivity contribution is 6.00. The predicted molar refractivity (Wildman–Crippen MR) is 112 cm³/mol. The van der Waals surface area contributed by atoms with Gasteiger partial charge in [-0.1, -0.05) is 36.4 Å². The number of carbonyl (C=O) groups is 2. The monoisotopic (exact) mass is 404 g/mol. The minimum Gasteiger partial charge on any atom is -0.496 e. The van der Waals surface area contributed by atoms with E-state index in [2.05, 4.69) is 17.1 Å². The smallest absolute Gasteiger partial charge is 0.318 e. The second kappa shape index (κ2) is 7.20. The molecule has 2 aromatic carbocycles. The quantitative estimate of drug-likeness (QED) is 0.535. The van der Waals surface area contributed by atoms with Crippen molar-refractivity contribution in [1.29, 1.82) is 0 Å². The van der Waals surface area contributed by atoms with Crippen molar-refractivity contribution < 1.29 is 19.1 Å². The van der Waals surface area contributed by atoms with Crippen LogP contribution in [-0.2, 0) is 20.7 Å². The fourth-order valence-corrected chi connectivity index (χ4v) is 5.23. The van der Waals surface area contributed by atoms with Crippen LogP contribution in [0.15, 0.2) is 48.5 Å². The van der Waals surface area contributed by atoms with Gasteiger partial charge in [-0.05, 0) is 36.1 Å². The molecule has 6 nitrogen and oxygen atoms in total. The van der Waals surface area contributed by atoms with Gasteiger partial charge in [0.15, 0.2) is 0 Å². The van der Waals surface area contributed by atoms with Crippen LogP contribution >= 0.6 is 0 Å². The Kier molecular flexibility index (Phi) is 4.50. The summed E-state index contributed by atoms with van der Waals surface area (Å²) in [6.45, 7) is 0.602. The number of rotatable bonds is 3. The lowest BCUT2D eigenvalue weighted by Gasteiger charge is -2.45. The normalized spacial score (nSPS) is 23.1. The molecule has 154 valence electrons. The van der Waals surface area contributed by atoms with Gasteiger partial charge in [0.1, 0.15) is 11.7 Å². The molecule has 3 heterocycles. The lowest BCUT2D eigenvalue weighted by atomic mass is 9.74. The van der Waals surface area contributed by atoms with E-state index < -0.39 is 11.9 Å². The van der Waals surface area contributed by atoms with Crippen LogP contribution in [0.2, 0.25) is 0 Å². The Hall–Kier alpha value is -3.28. The molecule has 0 unspecified atom stereocenters. The van der Waals surface area contributed by atoms with E-state index in [0.29, 0.717) is 18.7 Å².